The fraction of sp³-hybridized carbons (Fsp3) is 0.469. The topological polar surface area (TPSA) is 84.9 Å². The lowest BCUT2D eigenvalue weighted by atomic mass is 9.70. The van der Waals surface area contributed by atoms with E-state index < -0.39 is 15.9 Å². The zero-order valence-electron chi connectivity index (χ0n) is 23.6. The third-order valence-corrected chi connectivity index (χ3v) is 10.7. The van der Waals surface area contributed by atoms with Crippen molar-refractivity contribution in [2.75, 3.05) is 31.7 Å². The number of fused-ring (bicyclic) bond motifs is 4. The molecule has 1 spiro atoms. The van der Waals surface area contributed by atoms with E-state index in [9.17, 15) is 13.2 Å². The number of carbonyl (C=O) groups excluding carboxylic acids is 1. The molecule has 2 aliphatic heterocycles. The third kappa shape index (κ3) is 5.54. The van der Waals surface area contributed by atoms with Crippen molar-refractivity contribution in [2.24, 2.45) is 11.8 Å². The maximum Gasteiger partial charge on any atom is 0.264 e. The van der Waals surface area contributed by atoms with Crippen LogP contribution in [0.4, 0.5) is 5.69 Å². The van der Waals surface area contributed by atoms with Crippen molar-refractivity contribution < 1.29 is 22.7 Å². The van der Waals surface area contributed by atoms with Crippen molar-refractivity contribution in [2.45, 2.75) is 61.9 Å². The lowest BCUT2D eigenvalue weighted by Gasteiger charge is -2.43. The molecule has 1 amide bonds. The van der Waals surface area contributed by atoms with Crippen LogP contribution in [0.1, 0.15) is 50.2 Å². The molecular formula is C32H37ClN2O5S. The molecule has 6 rings (SSSR count). The summed E-state index contributed by atoms with van der Waals surface area (Å²) in [5.41, 5.74) is 4.21. The van der Waals surface area contributed by atoms with E-state index in [0.717, 1.165) is 36.4 Å². The largest absolute Gasteiger partial charge is 0.490 e. The maximum atomic E-state index is 13.3. The molecule has 2 aromatic carbocycles. The predicted molar refractivity (Wildman–Crippen MR) is 160 cm³/mol. The summed E-state index contributed by atoms with van der Waals surface area (Å²) in [5, 5.41) is 0.734. The van der Waals surface area contributed by atoms with Gasteiger partial charge in [-0.15, -0.1) is 0 Å². The van der Waals surface area contributed by atoms with Gasteiger partial charge in [0.05, 0.1) is 23.3 Å². The van der Waals surface area contributed by atoms with Crippen LogP contribution >= 0.6 is 11.6 Å². The van der Waals surface area contributed by atoms with Crippen LogP contribution in [0.5, 0.6) is 5.75 Å². The van der Waals surface area contributed by atoms with Crippen molar-refractivity contribution in [1.29, 1.82) is 0 Å². The van der Waals surface area contributed by atoms with Crippen molar-refractivity contribution in [1.82, 2.24) is 4.72 Å². The first-order valence-electron chi connectivity index (χ1n) is 14.4. The van der Waals surface area contributed by atoms with Crippen molar-refractivity contribution in [3.63, 3.8) is 0 Å². The average molecular weight is 597 g/mol. The minimum atomic E-state index is -4.05. The van der Waals surface area contributed by atoms with Gasteiger partial charge in [0.25, 0.3) is 10.0 Å². The molecule has 41 heavy (non-hydrogen) atoms. The normalized spacial score (nSPS) is 30.0. The lowest BCUT2D eigenvalue weighted by molar-refractivity contribution is -0.120. The molecule has 2 bridgehead atoms. The molecule has 9 heteroatoms. The Balaban J connectivity index is 1.44. The molecule has 0 saturated heterocycles. The maximum absolute atomic E-state index is 13.3. The second kappa shape index (κ2) is 11.1. The SMILES string of the molecule is CO[C@H]1/C=C/C[C@H](C)CC(=O)NS(=O)(=O)c2ccc3c(c2)N(C[C@@H]2CC=C21)C[C@@]1(CCCc2cc(Cl)ccc21)CO3. The van der Waals surface area contributed by atoms with E-state index in [1.807, 2.05) is 19.1 Å². The van der Waals surface area contributed by atoms with E-state index in [-0.39, 0.29) is 34.7 Å². The number of amides is 1. The number of aryl methyl sites for hydroxylation is 1. The highest BCUT2D eigenvalue weighted by Crippen LogP contribution is 2.46. The first kappa shape index (κ1) is 28.3. The van der Waals surface area contributed by atoms with Gasteiger partial charge in [-0.1, -0.05) is 42.8 Å². The first-order chi connectivity index (χ1) is 19.7. The summed E-state index contributed by atoms with van der Waals surface area (Å²) in [6, 6.07) is 11.1. The number of methoxy groups -OCH3 is 1. The van der Waals surface area contributed by atoms with Crippen LogP contribution < -0.4 is 14.4 Å². The smallest absolute Gasteiger partial charge is 0.264 e. The highest BCUT2D eigenvalue weighted by atomic mass is 35.5. The number of halogens is 1. The van der Waals surface area contributed by atoms with Gasteiger partial charge < -0.3 is 14.4 Å². The standard InChI is InChI=1S/C32H37ClN2O5S/c1-21-5-3-7-29(39-2)26-11-8-23(26)18-35-19-32(14-4-6-22-16-24(33)9-12-27(22)32)20-40-30-13-10-25(17-28(30)35)41(37,38)34-31(36)15-21/h3,7,9-13,16-17,21,23,29H,4-6,8,14-15,18-20H2,1-2H3,(H,34,36)/b7-3+/t21-,23-,29-,32-/m0/s1. The summed E-state index contributed by atoms with van der Waals surface area (Å²) in [6.07, 6.45) is 10.9. The van der Waals surface area contributed by atoms with E-state index >= 15 is 0 Å². The number of nitrogens with zero attached hydrogens (tertiary/aromatic N) is 1. The Labute approximate surface area is 247 Å². The lowest BCUT2D eigenvalue weighted by Crippen LogP contribution is -2.47. The number of allylic oxidation sites excluding steroid dienone is 2. The van der Waals surface area contributed by atoms with Gasteiger partial charge >= 0.3 is 0 Å². The third-order valence-electron chi connectivity index (χ3n) is 9.08. The number of nitrogens with one attached hydrogen (secondary N) is 1. The van der Waals surface area contributed by atoms with Crippen molar-refractivity contribution >= 4 is 33.2 Å². The molecule has 0 fully saturated rings. The molecular weight excluding hydrogens is 560 g/mol. The predicted octanol–water partition coefficient (Wildman–Crippen LogP) is 5.57. The molecule has 0 aromatic heterocycles. The van der Waals surface area contributed by atoms with Gasteiger partial charge in [0.1, 0.15) is 5.75 Å². The molecule has 2 aromatic rings. The fourth-order valence-corrected chi connectivity index (χ4v) is 8.10. The average Bonchev–Trinajstić information content (AvgIpc) is 3.06. The zero-order chi connectivity index (χ0) is 28.8. The summed E-state index contributed by atoms with van der Waals surface area (Å²) in [7, 11) is -2.32. The number of anilines is 1. The van der Waals surface area contributed by atoms with Gasteiger partial charge in [-0.25, -0.2) is 13.1 Å². The molecule has 1 N–H and O–H groups in total. The van der Waals surface area contributed by atoms with Crippen LogP contribution in [0, 0.1) is 11.8 Å². The Hall–Kier alpha value is -2.81. The van der Waals surface area contributed by atoms with Crippen LogP contribution in [-0.2, 0) is 31.4 Å². The number of benzene rings is 2. The Bertz CT molecular complexity index is 1520. The Kier molecular flexibility index (Phi) is 7.68. The van der Waals surface area contributed by atoms with Gasteiger partial charge in [0.15, 0.2) is 0 Å². The molecule has 2 aliphatic carbocycles. The van der Waals surface area contributed by atoms with Crippen LogP contribution in [0.15, 0.2) is 65.1 Å². The monoisotopic (exact) mass is 596 g/mol. The van der Waals surface area contributed by atoms with E-state index in [2.05, 4.69) is 33.9 Å². The number of ether oxygens (including phenoxy) is 2. The van der Waals surface area contributed by atoms with E-state index in [4.69, 9.17) is 21.1 Å². The Morgan fingerprint density at radius 1 is 1.17 bits per heavy atom. The van der Waals surface area contributed by atoms with E-state index in [0.29, 0.717) is 31.9 Å². The highest BCUT2D eigenvalue weighted by Gasteiger charge is 2.43. The van der Waals surface area contributed by atoms with Gasteiger partial charge in [0, 0.05) is 43.0 Å². The first-order valence-corrected chi connectivity index (χ1v) is 16.3. The minimum Gasteiger partial charge on any atom is -0.490 e. The van der Waals surface area contributed by atoms with E-state index in [1.165, 1.54) is 22.8 Å². The summed E-state index contributed by atoms with van der Waals surface area (Å²) < 4.78 is 41.4. The number of rotatable bonds is 1. The molecule has 218 valence electrons. The molecule has 0 radical (unpaired) electrons. The van der Waals surface area contributed by atoms with Gasteiger partial charge in [0.2, 0.25) is 5.91 Å². The Morgan fingerprint density at radius 3 is 2.80 bits per heavy atom. The van der Waals surface area contributed by atoms with E-state index in [1.54, 1.807) is 19.2 Å². The second-order valence-corrected chi connectivity index (χ2v) is 14.1. The second-order valence-electron chi connectivity index (χ2n) is 12.0. The summed E-state index contributed by atoms with van der Waals surface area (Å²) in [6.45, 7) is 3.81. The molecule has 0 unspecified atom stereocenters. The summed E-state index contributed by atoms with van der Waals surface area (Å²) in [5.74, 6) is 0.378. The van der Waals surface area contributed by atoms with Crippen LogP contribution in [0.25, 0.3) is 0 Å². The quantitative estimate of drug-likeness (QED) is 0.434. The number of hydrogen-bond donors (Lipinski definition) is 1. The van der Waals surface area contributed by atoms with Gasteiger partial charge in [-0.2, -0.15) is 0 Å². The minimum absolute atomic E-state index is 0.0154. The number of hydrogen-bond acceptors (Lipinski definition) is 6. The fourth-order valence-electron chi connectivity index (χ4n) is 6.89. The van der Waals surface area contributed by atoms with Crippen LogP contribution in [0.2, 0.25) is 5.02 Å². The highest BCUT2D eigenvalue weighted by molar-refractivity contribution is 7.90. The summed E-state index contributed by atoms with van der Waals surface area (Å²) >= 11 is 6.38. The molecule has 4 atom stereocenters. The van der Waals surface area contributed by atoms with Crippen LogP contribution in [0.3, 0.4) is 0 Å². The van der Waals surface area contributed by atoms with Crippen molar-refractivity contribution in [3.05, 3.63) is 76.3 Å². The van der Waals surface area contributed by atoms with Gasteiger partial charge in [-0.3, -0.25) is 4.79 Å². The zero-order valence-corrected chi connectivity index (χ0v) is 25.1. The molecule has 0 saturated carbocycles. The molecule has 7 nitrogen and oxygen atoms in total. The van der Waals surface area contributed by atoms with Crippen LogP contribution in [-0.4, -0.2) is 47.2 Å². The number of carbonyl (C=O) groups is 1. The number of sulfonamides is 1. The summed E-state index contributed by atoms with van der Waals surface area (Å²) in [4.78, 5) is 15.1. The Morgan fingerprint density at radius 2 is 2.02 bits per heavy atom. The van der Waals surface area contributed by atoms with Crippen molar-refractivity contribution in [3.8, 4) is 5.75 Å². The molecule has 4 aliphatic rings. The molecule has 2 heterocycles. The van der Waals surface area contributed by atoms with Gasteiger partial charge in [-0.05, 0) is 85.1 Å².